The summed E-state index contributed by atoms with van der Waals surface area (Å²) in [7, 11) is 3.33. The average Bonchev–Trinajstić information content (AvgIpc) is 2.81. The van der Waals surface area contributed by atoms with Crippen LogP contribution in [0.3, 0.4) is 0 Å². The van der Waals surface area contributed by atoms with Crippen LogP contribution in [-0.2, 0) is 0 Å². The van der Waals surface area contributed by atoms with Crippen molar-refractivity contribution in [2.45, 2.75) is 44.2 Å². The second-order valence-electron chi connectivity index (χ2n) is 7.01. The van der Waals surface area contributed by atoms with Gasteiger partial charge in [0.2, 0.25) is 5.16 Å². The number of unbranched alkanes of at least 4 members (excludes halogenated alkanes) is 4. The lowest BCUT2D eigenvalue weighted by atomic mass is 10.0. The number of hydrogen-bond donors (Lipinski definition) is 0. The third-order valence-corrected chi connectivity index (χ3v) is 5.80. The Hall–Kier alpha value is -2.60. The number of aromatic nitrogens is 3. The number of benzene rings is 2. The number of ether oxygens (including phenoxy) is 2. The molecule has 0 unspecified atom stereocenters. The van der Waals surface area contributed by atoms with E-state index in [1.54, 1.807) is 26.0 Å². The van der Waals surface area contributed by atoms with Crippen LogP contribution in [0.2, 0.25) is 0 Å². The molecule has 0 atom stereocenters. The van der Waals surface area contributed by atoms with E-state index in [-0.39, 0.29) is 0 Å². The van der Waals surface area contributed by atoms with Crippen LogP contribution in [0.4, 0.5) is 0 Å². The molecular formula is C24H29N3O2S. The lowest BCUT2D eigenvalue weighted by Gasteiger charge is -2.10. The highest BCUT2D eigenvalue weighted by Gasteiger charge is 2.14. The molecule has 0 spiro atoms. The molecule has 0 bridgehead atoms. The molecule has 0 aliphatic heterocycles. The lowest BCUT2D eigenvalue weighted by molar-refractivity contribution is 0.414. The molecular weight excluding hydrogens is 394 g/mol. The van der Waals surface area contributed by atoms with Gasteiger partial charge in [0, 0.05) is 16.9 Å². The van der Waals surface area contributed by atoms with Crippen LogP contribution in [-0.4, -0.2) is 35.2 Å². The molecule has 3 aromatic rings. The Balaban J connectivity index is 1.85. The molecule has 1 heterocycles. The SMILES string of the molecule is CCCCCCCSc1nnc(-c2ccc(OC)cc2)c(-c2ccc(OC)cc2)n1. The normalized spacial score (nSPS) is 10.8. The molecule has 2 aromatic carbocycles. The van der Waals surface area contributed by atoms with E-state index in [9.17, 15) is 0 Å². The van der Waals surface area contributed by atoms with Gasteiger partial charge in [-0.1, -0.05) is 44.4 Å². The minimum atomic E-state index is 0.716. The summed E-state index contributed by atoms with van der Waals surface area (Å²) in [6.07, 6.45) is 6.29. The zero-order valence-electron chi connectivity index (χ0n) is 17.9. The van der Waals surface area contributed by atoms with E-state index in [1.165, 1.54) is 32.1 Å². The Morgan fingerprint density at radius 2 is 1.27 bits per heavy atom. The molecule has 0 amide bonds. The van der Waals surface area contributed by atoms with Gasteiger partial charge >= 0.3 is 0 Å². The summed E-state index contributed by atoms with van der Waals surface area (Å²) in [6.45, 7) is 2.24. The van der Waals surface area contributed by atoms with E-state index in [0.717, 1.165) is 39.8 Å². The van der Waals surface area contributed by atoms with Gasteiger partial charge in [-0.05, 0) is 55.0 Å². The fraction of sp³-hybridized carbons (Fsp3) is 0.375. The van der Waals surface area contributed by atoms with Crippen LogP contribution < -0.4 is 9.47 Å². The molecule has 0 aliphatic rings. The van der Waals surface area contributed by atoms with Gasteiger partial charge in [-0.3, -0.25) is 0 Å². The highest BCUT2D eigenvalue weighted by molar-refractivity contribution is 7.99. The van der Waals surface area contributed by atoms with Gasteiger partial charge in [-0.15, -0.1) is 10.2 Å². The molecule has 1 aromatic heterocycles. The summed E-state index contributed by atoms with van der Waals surface area (Å²) < 4.78 is 10.6. The topological polar surface area (TPSA) is 57.1 Å². The van der Waals surface area contributed by atoms with Gasteiger partial charge in [-0.25, -0.2) is 4.98 Å². The van der Waals surface area contributed by atoms with Crippen molar-refractivity contribution >= 4 is 11.8 Å². The molecule has 158 valence electrons. The fourth-order valence-electron chi connectivity index (χ4n) is 3.13. The number of methoxy groups -OCH3 is 2. The minimum absolute atomic E-state index is 0.716. The van der Waals surface area contributed by atoms with Crippen molar-refractivity contribution in [1.82, 2.24) is 15.2 Å². The predicted octanol–water partition coefficient (Wildman–Crippen LogP) is 6.29. The van der Waals surface area contributed by atoms with Gasteiger partial charge in [-0.2, -0.15) is 0 Å². The standard InChI is InChI=1S/C24H29N3O2S/c1-4-5-6-7-8-17-30-24-25-22(18-9-13-20(28-2)14-10-18)23(26-27-24)19-11-15-21(29-3)16-12-19/h9-16H,4-8,17H2,1-3H3. The minimum Gasteiger partial charge on any atom is -0.497 e. The molecule has 5 nitrogen and oxygen atoms in total. The maximum absolute atomic E-state index is 5.30. The molecule has 0 fully saturated rings. The number of rotatable bonds is 11. The summed E-state index contributed by atoms with van der Waals surface area (Å²) in [5.74, 6) is 2.63. The first-order chi connectivity index (χ1) is 14.7. The summed E-state index contributed by atoms with van der Waals surface area (Å²) in [5, 5.41) is 9.66. The number of thioether (sulfide) groups is 1. The van der Waals surface area contributed by atoms with Crippen LogP contribution in [0.1, 0.15) is 39.0 Å². The first-order valence-electron chi connectivity index (χ1n) is 10.4. The van der Waals surface area contributed by atoms with Crippen LogP contribution >= 0.6 is 11.8 Å². The maximum atomic E-state index is 5.30. The molecule has 0 saturated heterocycles. The van der Waals surface area contributed by atoms with Crippen molar-refractivity contribution in [2.24, 2.45) is 0 Å². The first-order valence-corrected chi connectivity index (χ1v) is 11.4. The monoisotopic (exact) mass is 423 g/mol. The zero-order valence-corrected chi connectivity index (χ0v) is 18.7. The highest BCUT2D eigenvalue weighted by Crippen LogP contribution is 2.32. The Morgan fingerprint density at radius 3 is 1.83 bits per heavy atom. The van der Waals surface area contributed by atoms with Crippen molar-refractivity contribution in [3.05, 3.63) is 48.5 Å². The molecule has 0 aliphatic carbocycles. The van der Waals surface area contributed by atoms with Crippen molar-refractivity contribution in [3.8, 4) is 34.0 Å². The fourth-order valence-corrected chi connectivity index (χ4v) is 3.92. The van der Waals surface area contributed by atoms with E-state index in [2.05, 4.69) is 17.1 Å². The summed E-state index contributed by atoms with van der Waals surface area (Å²) >= 11 is 1.68. The van der Waals surface area contributed by atoms with Gasteiger partial charge in [0.1, 0.15) is 22.9 Å². The van der Waals surface area contributed by atoms with E-state index in [0.29, 0.717) is 5.16 Å². The second-order valence-corrected chi connectivity index (χ2v) is 8.07. The van der Waals surface area contributed by atoms with Crippen molar-refractivity contribution in [2.75, 3.05) is 20.0 Å². The maximum Gasteiger partial charge on any atom is 0.209 e. The van der Waals surface area contributed by atoms with E-state index in [4.69, 9.17) is 14.5 Å². The van der Waals surface area contributed by atoms with E-state index in [1.807, 2.05) is 48.5 Å². The lowest BCUT2D eigenvalue weighted by Crippen LogP contribution is -2.00. The predicted molar refractivity (Wildman–Crippen MR) is 123 cm³/mol. The number of hydrogen-bond acceptors (Lipinski definition) is 6. The molecule has 0 saturated carbocycles. The van der Waals surface area contributed by atoms with Crippen molar-refractivity contribution in [1.29, 1.82) is 0 Å². The molecule has 0 N–H and O–H groups in total. The van der Waals surface area contributed by atoms with Crippen LogP contribution in [0.5, 0.6) is 11.5 Å². The van der Waals surface area contributed by atoms with Gasteiger partial charge in [0.15, 0.2) is 0 Å². The molecule has 30 heavy (non-hydrogen) atoms. The van der Waals surface area contributed by atoms with Crippen LogP contribution in [0.15, 0.2) is 53.7 Å². The van der Waals surface area contributed by atoms with E-state index < -0.39 is 0 Å². The summed E-state index contributed by atoms with van der Waals surface area (Å²) in [4.78, 5) is 4.87. The van der Waals surface area contributed by atoms with Crippen LogP contribution in [0, 0.1) is 0 Å². The van der Waals surface area contributed by atoms with Gasteiger partial charge < -0.3 is 9.47 Å². The number of nitrogens with zero attached hydrogens (tertiary/aromatic N) is 3. The van der Waals surface area contributed by atoms with Gasteiger partial charge in [0.25, 0.3) is 0 Å². The van der Waals surface area contributed by atoms with Gasteiger partial charge in [0.05, 0.1) is 14.2 Å². The largest absolute Gasteiger partial charge is 0.497 e. The quantitative estimate of drug-likeness (QED) is 0.267. The summed E-state index contributed by atoms with van der Waals surface area (Å²) in [6, 6.07) is 15.7. The molecule has 3 rings (SSSR count). The molecule has 6 heteroatoms. The highest BCUT2D eigenvalue weighted by atomic mass is 32.2. The Morgan fingerprint density at radius 1 is 0.700 bits per heavy atom. The van der Waals surface area contributed by atoms with Crippen molar-refractivity contribution < 1.29 is 9.47 Å². The first kappa shape index (κ1) is 22.1. The third-order valence-electron chi connectivity index (χ3n) is 4.87. The third kappa shape index (κ3) is 5.95. The molecule has 0 radical (unpaired) electrons. The zero-order chi connectivity index (χ0) is 21.2. The Kier molecular flexibility index (Phi) is 8.51. The van der Waals surface area contributed by atoms with Crippen LogP contribution in [0.25, 0.3) is 22.5 Å². The smallest absolute Gasteiger partial charge is 0.209 e. The second kappa shape index (κ2) is 11.6. The van der Waals surface area contributed by atoms with E-state index >= 15 is 0 Å². The Bertz CT molecular complexity index is 915. The average molecular weight is 424 g/mol. The Labute approximate surface area is 183 Å². The summed E-state index contributed by atoms with van der Waals surface area (Å²) in [5.41, 5.74) is 3.53. The van der Waals surface area contributed by atoms with Crippen molar-refractivity contribution in [3.63, 3.8) is 0 Å².